The SMILES string of the molecule is COCCOc1ccc(C2NC(=O)NC2=O)cc1. The Balaban J connectivity index is 1.99. The number of carbonyl (C=O) groups excluding carboxylic acids is 2. The van der Waals surface area contributed by atoms with Crippen molar-refractivity contribution in [1.29, 1.82) is 0 Å². The van der Waals surface area contributed by atoms with E-state index in [0.29, 0.717) is 19.0 Å². The molecule has 96 valence electrons. The quantitative estimate of drug-likeness (QED) is 0.592. The molecule has 1 saturated heterocycles. The van der Waals surface area contributed by atoms with Gasteiger partial charge in [0, 0.05) is 7.11 Å². The van der Waals surface area contributed by atoms with E-state index in [2.05, 4.69) is 10.6 Å². The number of carbonyl (C=O) groups is 2. The summed E-state index contributed by atoms with van der Waals surface area (Å²) >= 11 is 0. The lowest BCUT2D eigenvalue weighted by Gasteiger charge is -2.09. The molecule has 1 aromatic carbocycles. The molecule has 1 fully saturated rings. The Morgan fingerprint density at radius 3 is 2.44 bits per heavy atom. The topological polar surface area (TPSA) is 76.7 Å². The Kier molecular flexibility index (Phi) is 3.78. The van der Waals surface area contributed by atoms with Gasteiger partial charge < -0.3 is 14.8 Å². The molecule has 0 saturated carbocycles. The maximum Gasteiger partial charge on any atom is 0.322 e. The van der Waals surface area contributed by atoms with Crippen molar-refractivity contribution in [2.75, 3.05) is 20.3 Å². The minimum absolute atomic E-state index is 0.340. The lowest BCUT2D eigenvalue weighted by molar-refractivity contribution is -0.120. The zero-order chi connectivity index (χ0) is 13.0. The molecule has 18 heavy (non-hydrogen) atoms. The fourth-order valence-electron chi connectivity index (χ4n) is 1.65. The zero-order valence-corrected chi connectivity index (χ0v) is 9.93. The third-order valence-corrected chi connectivity index (χ3v) is 2.54. The number of urea groups is 1. The van der Waals surface area contributed by atoms with Gasteiger partial charge in [0.2, 0.25) is 0 Å². The van der Waals surface area contributed by atoms with Crippen LogP contribution >= 0.6 is 0 Å². The molecule has 2 rings (SSSR count). The minimum Gasteiger partial charge on any atom is -0.491 e. The number of imide groups is 1. The highest BCUT2D eigenvalue weighted by Crippen LogP contribution is 2.20. The van der Waals surface area contributed by atoms with E-state index in [9.17, 15) is 9.59 Å². The molecule has 1 atom stereocenters. The van der Waals surface area contributed by atoms with E-state index in [1.165, 1.54) is 0 Å². The Morgan fingerprint density at radius 1 is 1.17 bits per heavy atom. The first-order chi connectivity index (χ1) is 8.70. The van der Waals surface area contributed by atoms with Crippen molar-refractivity contribution in [2.24, 2.45) is 0 Å². The first-order valence-electron chi connectivity index (χ1n) is 5.54. The monoisotopic (exact) mass is 250 g/mol. The van der Waals surface area contributed by atoms with Crippen molar-refractivity contribution in [3.8, 4) is 5.75 Å². The van der Waals surface area contributed by atoms with E-state index in [-0.39, 0.29) is 5.91 Å². The Morgan fingerprint density at radius 2 is 1.89 bits per heavy atom. The van der Waals surface area contributed by atoms with E-state index in [4.69, 9.17) is 9.47 Å². The molecule has 6 nitrogen and oxygen atoms in total. The Hall–Kier alpha value is -2.08. The third kappa shape index (κ3) is 2.78. The molecule has 1 aliphatic rings. The maximum atomic E-state index is 11.4. The van der Waals surface area contributed by atoms with Crippen LogP contribution in [0.25, 0.3) is 0 Å². The van der Waals surface area contributed by atoms with Gasteiger partial charge in [-0.1, -0.05) is 12.1 Å². The van der Waals surface area contributed by atoms with Gasteiger partial charge in [0.15, 0.2) is 0 Å². The number of amides is 3. The van der Waals surface area contributed by atoms with Crippen LogP contribution < -0.4 is 15.4 Å². The van der Waals surface area contributed by atoms with Gasteiger partial charge in [-0.05, 0) is 17.7 Å². The van der Waals surface area contributed by atoms with Crippen LogP contribution in [0, 0.1) is 0 Å². The zero-order valence-electron chi connectivity index (χ0n) is 9.93. The van der Waals surface area contributed by atoms with Crippen molar-refractivity contribution in [3.63, 3.8) is 0 Å². The molecule has 0 radical (unpaired) electrons. The Labute approximate surface area is 104 Å². The van der Waals surface area contributed by atoms with Crippen LogP contribution in [0.4, 0.5) is 4.79 Å². The average Bonchev–Trinajstić information content (AvgIpc) is 2.70. The number of ether oxygens (including phenoxy) is 2. The molecule has 3 amide bonds. The first kappa shape index (κ1) is 12.4. The van der Waals surface area contributed by atoms with E-state index in [1.54, 1.807) is 31.4 Å². The van der Waals surface area contributed by atoms with Gasteiger partial charge >= 0.3 is 6.03 Å². The normalized spacial score (nSPS) is 18.4. The maximum absolute atomic E-state index is 11.4. The molecule has 0 spiro atoms. The lowest BCUT2D eigenvalue weighted by Crippen LogP contribution is -2.22. The Bertz CT molecular complexity index is 444. The van der Waals surface area contributed by atoms with Gasteiger partial charge in [-0.25, -0.2) is 4.79 Å². The van der Waals surface area contributed by atoms with Crippen molar-refractivity contribution < 1.29 is 19.1 Å². The predicted molar refractivity (Wildman–Crippen MR) is 63.2 cm³/mol. The van der Waals surface area contributed by atoms with Gasteiger partial charge in [-0.15, -0.1) is 0 Å². The second-order valence-electron chi connectivity index (χ2n) is 3.81. The minimum atomic E-state index is -0.620. The summed E-state index contributed by atoms with van der Waals surface area (Å²) in [5.41, 5.74) is 0.720. The van der Waals surface area contributed by atoms with E-state index in [1.807, 2.05) is 0 Å². The van der Waals surface area contributed by atoms with Gasteiger partial charge in [-0.3, -0.25) is 10.1 Å². The molecule has 0 aliphatic carbocycles. The predicted octanol–water partition coefficient (Wildman–Crippen LogP) is 0.592. The second-order valence-corrected chi connectivity index (χ2v) is 3.81. The van der Waals surface area contributed by atoms with Crippen LogP contribution in [0.5, 0.6) is 5.75 Å². The largest absolute Gasteiger partial charge is 0.491 e. The van der Waals surface area contributed by atoms with Gasteiger partial charge in [0.1, 0.15) is 18.4 Å². The van der Waals surface area contributed by atoms with E-state index < -0.39 is 12.1 Å². The summed E-state index contributed by atoms with van der Waals surface area (Å²) in [7, 11) is 1.61. The molecule has 2 N–H and O–H groups in total. The van der Waals surface area contributed by atoms with Crippen LogP contribution in [0.2, 0.25) is 0 Å². The summed E-state index contributed by atoms with van der Waals surface area (Å²) in [5.74, 6) is 0.355. The molecule has 1 unspecified atom stereocenters. The van der Waals surface area contributed by atoms with Crippen LogP contribution in [-0.2, 0) is 9.53 Å². The summed E-state index contributed by atoms with van der Waals surface area (Å²) < 4.78 is 10.3. The molecule has 0 aromatic heterocycles. The summed E-state index contributed by atoms with van der Waals surface area (Å²) in [6, 6.07) is 5.91. The van der Waals surface area contributed by atoms with Gasteiger partial charge in [0.25, 0.3) is 5.91 Å². The van der Waals surface area contributed by atoms with Crippen molar-refractivity contribution in [2.45, 2.75) is 6.04 Å². The highest BCUT2D eigenvalue weighted by atomic mass is 16.5. The number of benzene rings is 1. The summed E-state index contributed by atoms with van der Waals surface area (Å²) in [4.78, 5) is 22.4. The summed E-state index contributed by atoms with van der Waals surface area (Å²) in [6.07, 6.45) is 0. The fourth-order valence-corrected chi connectivity index (χ4v) is 1.65. The van der Waals surface area contributed by atoms with Crippen LogP contribution in [0.1, 0.15) is 11.6 Å². The third-order valence-electron chi connectivity index (χ3n) is 2.54. The number of hydrogen-bond donors (Lipinski definition) is 2. The van der Waals surface area contributed by atoms with Crippen LogP contribution in [0.15, 0.2) is 24.3 Å². The number of rotatable bonds is 5. The molecular formula is C12H14N2O4. The van der Waals surface area contributed by atoms with Gasteiger partial charge in [0.05, 0.1) is 6.61 Å². The van der Waals surface area contributed by atoms with Gasteiger partial charge in [-0.2, -0.15) is 0 Å². The molecule has 1 aliphatic heterocycles. The molecule has 6 heteroatoms. The number of methoxy groups -OCH3 is 1. The fraction of sp³-hybridized carbons (Fsp3) is 0.333. The molecule has 0 bridgehead atoms. The van der Waals surface area contributed by atoms with Crippen LogP contribution in [-0.4, -0.2) is 32.3 Å². The molecule has 1 aromatic rings. The number of hydrogen-bond acceptors (Lipinski definition) is 4. The first-order valence-corrected chi connectivity index (χ1v) is 5.54. The smallest absolute Gasteiger partial charge is 0.322 e. The second kappa shape index (κ2) is 5.50. The highest BCUT2D eigenvalue weighted by molar-refractivity contribution is 6.04. The van der Waals surface area contributed by atoms with Crippen molar-refractivity contribution in [1.82, 2.24) is 10.6 Å². The summed E-state index contributed by atoms with van der Waals surface area (Å²) in [5, 5.41) is 4.72. The summed E-state index contributed by atoms with van der Waals surface area (Å²) in [6.45, 7) is 0.985. The van der Waals surface area contributed by atoms with E-state index >= 15 is 0 Å². The lowest BCUT2D eigenvalue weighted by atomic mass is 10.1. The molecular weight excluding hydrogens is 236 g/mol. The standard InChI is InChI=1S/C12H14N2O4/c1-17-6-7-18-9-4-2-8(3-5-9)10-11(15)14-12(16)13-10/h2-5,10H,6-7H2,1H3,(H2,13,14,15,16). The van der Waals surface area contributed by atoms with E-state index in [0.717, 1.165) is 5.56 Å². The number of nitrogens with one attached hydrogen (secondary N) is 2. The van der Waals surface area contributed by atoms with Crippen molar-refractivity contribution >= 4 is 11.9 Å². The average molecular weight is 250 g/mol. The molecule has 1 heterocycles. The highest BCUT2D eigenvalue weighted by Gasteiger charge is 2.30. The van der Waals surface area contributed by atoms with Crippen molar-refractivity contribution in [3.05, 3.63) is 29.8 Å². The van der Waals surface area contributed by atoms with Crippen LogP contribution in [0.3, 0.4) is 0 Å².